The van der Waals surface area contributed by atoms with Gasteiger partial charge in [0.15, 0.2) is 0 Å². The lowest BCUT2D eigenvalue weighted by atomic mass is 10.0. The molecule has 1 N–H and O–H groups in total. The van der Waals surface area contributed by atoms with Crippen LogP contribution in [0.4, 0.5) is 0 Å². The standard InChI is InChI=1S/C15H30O5/c1-6-9-18-10-7-14(2,3)19-11-8-15(4,5)20-12-13(16)17/h6-12H2,1-5H3,(H,16,17). The Bertz CT molecular complexity index is 273. The second-order valence-corrected chi connectivity index (χ2v) is 6.16. The average molecular weight is 290 g/mol. The van der Waals surface area contributed by atoms with Crippen molar-refractivity contribution < 1.29 is 24.1 Å². The fourth-order valence-corrected chi connectivity index (χ4v) is 1.54. The number of carboxylic acids is 1. The van der Waals surface area contributed by atoms with Crippen LogP contribution >= 0.6 is 0 Å². The molecular weight excluding hydrogens is 260 g/mol. The van der Waals surface area contributed by atoms with E-state index in [1.165, 1.54) is 0 Å². The molecule has 0 saturated carbocycles. The van der Waals surface area contributed by atoms with Crippen LogP contribution in [-0.2, 0) is 19.0 Å². The molecule has 0 atom stereocenters. The highest BCUT2D eigenvalue weighted by Gasteiger charge is 2.23. The van der Waals surface area contributed by atoms with Gasteiger partial charge in [-0.15, -0.1) is 0 Å². The summed E-state index contributed by atoms with van der Waals surface area (Å²) in [6.45, 7) is 11.6. The van der Waals surface area contributed by atoms with Crippen LogP contribution in [0.2, 0.25) is 0 Å². The summed E-state index contributed by atoms with van der Waals surface area (Å²) in [6.07, 6.45) is 2.51. The molecule has 5 heteroatoms. The second kappa shape index (κ2) is 9.32. The minimum atomic E-state index is -0.951. The summed E-state index contributed by atoms with van der Waals surface area (Å²) in [6, 6.07) is 0. The number of ether oxygens (including phenoxy) is 3. The van der Waals surface area contributed by atoms with Gasteiger partial charge in [0, 0.05) is 13.2 Å². The Morgan fingerprint density at radius 3 is 2.05 bits per heavy atom. The van der Waals surface area contributed by atoms with Gasteiger partial charge in [-0.05, 0) is 47.0 Å². The molecule has 20 heavy (non-hydrogen) atoms. The first-order valence-corrected chi connectivity index (χ1v) is 7.26. The number of carbonyl (C=O) groups is 1. The van der Waals surface area contributed by atoms with Crippen molar-refractivity contribution in [1.29, 1.82) is 0 Å². The SMILES string of the molecule is CCCOCCC(C)(C)OCCC(C)(C)OCC(=O)O. The Kier molecular flexibility index (Phi) is 9.01. The van der Waals surface area contributed by atoms with E-state index in [0.717, 1.165) is 19.4 Å². The maximum atomic E-state index is 10.5. The van der Waals surface area contributed by atoms with Crippen molar-refractivity contribution in [1.82, 2.24) is 0 Å². The molecule has 0 spiro atoms. The third-order valence-corrected chi connectivity index (χ3v) is 2.98. The minimum Gasteiger partial charge on any atom is -0.480 e. The lowest BCUT2D eigenvalue weighted by Crippen LogP contribution is -2.32. The van der Waals surface area contributed by atoms with Crippen LogP contribution in [-0.4, -0.2) is 48.7 Å². The van der Waals surface area contributed by atoms with Crippen LogP contribution in [0.25, 0.3) is 0 Å². The summed E-state index contributed by atoms with van der Waals surface area (Å²) in [5, 5.41) is 8.60. The normalized spacial score (nSPS) is 12.7. The highest BCUT2D eigenvalue weighted by molar-refractivity contribution is 5.68. The topological polar surface area (TPSA) is 65.0 Å². The van der Waals surface area contributed by atoms with Gasteiger partial charge in [0.05, 0.1) is 17.8 Å². The molecule has 0 aliphatic heterocycles. The molecule has 120 valence electrons. The predicted octanol–water partition coefficient (Wildman–Crippen LogP) is 2.87. The zero-order chi connectivity index (χ0) is 15.6. The first-order chi connectivity index (χ1) is 9.18. The van der Waals surface area contributed by atoms with Crippen LogP contribution in [0.1, 0.15) is 53.9 Å². The summed E-state index contributed by atoms with van der Waals surface area (Å²) < 4.78 is 16.6. The zero-order valence-corrected chi connectivity index (χ0v) is 13.5. The van der Waals surface area contributed by atoms with Crippen LogP contribution < -0.4 is 0 Å². The number of hydrogen-bond donors (Lipinski definition) is 1. The lowest BCUT2D eigenvalue weighted by Gasteiger charge is -2.29. The van der Waals surface area contributed by atoms with Crippen LogP contribution in [0.15, 0.2) is 0 Å². The van der Waals surface area contributed by atoms with Crippen molar-refractivity contribution in [2.75, 3.05) is 26.4 Å². The van der Waals surface area contributed by atoms with Gasteiger partial charge in [0.2, 0.25) is 0 Å². The second-order valence-electron chi connectivity index (χ2n) is 6.16. The summed E-state index contributed by atoms with van der Waals surface area (Å²) in [5.41, 5.74) is -0.732. The first kappa shape index (κ1) is 19.4. The maximum Gasteiger partial charge on any atom is 0.329 e. The van der Waals surface area contributed by atoms with E-state index in [-0.39, 0.29) is 12.2 Å². The smallest absolute Gasteiger partial charge is 0.329 e. The van der Waals surface area contributed by atoms with E-state index in [2.05, 4.69) is 6.92 Å². The molecule has 0 heterocycles. The predicted molar refractivity (Wildman–Crippen MR) is 78.0 cm³/mol. The van der Waals surface area contributed by atoms with Gasteiger partial charge in [-0.1, -0.05) is 6.92 Å². The van der Waals surface area contributed by atoms with E-state index in [9.17, 15) is 4.79 Å². The summed E-state index contributed by atoms with van der Waals surface area (Å²) in [5.74, 6) is -0.951. The third-order valence-electron chi connectivity index (χ3n) is 2.98. The molecule has 0 aliphatic rings. The van der Waals surface area contributed by atoms with Crippen molar-refractivity contribution in [2.24, 2.45) is 0 Å². The van der Waals surface area contributed by atoms with Crippen molar-refractivity contribution in [2.45, 2.75) is 65.1 Å². The molecule has 0 radical (unpaired) electrons. The molecule has 0 rings (SSSR count). The molecule has 0 bridgehead atoms. The average Bonchev–Trinajstić information content (AvgIpc) is 2.32. The van der Waals surface area contributed by atoms with Crippen molar-refractivity contribution in [3.63, 3.8) is 0 Å². The molecule has 0 amide bonds. The zero-order valence-electron chi connectivity index (χ0n) is 13.5. The maximum absolute atomic E-state index is 10.5. The van der Waals surface area contributed by atoms with Crippen molar-refractivity contribution >= 4 is 5.97 Å². The fourth-order valence-electron chi connectivity index (χ4n) is 1.54. The van der Waals surface area contributed by atoms with Gasteiger partial charge >= 0.3 is 5.97 Å². The van der Waals surface area contributed by atoms with Crippen molar-refractivity contribution in [3.8, 4) is 0 Å². The first-order valence-electron chi connectivity index (χ1n) is 7.26. The highest BCUT2D eigenvalue weighted by atomic mass is 16.5. The largest absolute Gasteiger partial charge is 0.480 e. The molecule has 0 fully saturated rings. The Hall–Kier alpha value is -0.650. The van der Waals surface area contributed by atoms with Crippen molar-refractivity contribution in [3.05, 3.63) is 0 Å². The summed E-state index contributed by atoms with van der Waals surface area (Å²) >= 11 is 0. The Morgan fingerprint density at radius 1 is 0.950 bits per heavy atom. The van der Waals surface area contributed by atoms with Crippen LogP contribution in [0.5, 0.6) is 0 Å². The third kappa shape index (κ3) is 11.2. The van der Waals surface area contributed by atoms with Crippen LogP contribution in [0.3, 0.4) is 0 Å². The van der Waals surface area contributed by atoms with Gasteiger partial charge in [-0.2, -0.15) is 0 Å². The molecule has 0 aliphatic carbocycles. The molecule has 0 aromatic heterocycles. The van der Waals surface area contributed by atoms with E-state index < -0.39 is 11.6 Å². The minimum absolute atomic E-state index is 0.239. The van der Waals surface area contributed by atoms with Gasteiger partial charge in [-0.25, -0.2) is 4.79 Å². The monoisotopic (exact) mass is 290 g/mol. The summed E-state index contributed by atoms with van der Waals surface area (Å²) in [4.78, 5) is 10.5. The van der Waals surface area contributed by atoms with Gasteiger partial charge in [0.25, 0.3) is 0 Å². The molecule has 0 aromatic carbocycles. The van der Waals surface area contributed by atoms with E-state index in [1.54, 1.807) is 0 Å². The van der Waals surface area contributed by atoms with E-state index in [1.807, 2.05) is 27.7 Å². The lowest BCUT2D eigenvalue weighted by molar-refractivity contribution is -0.150. The molecule has 5 nitrogen and oxygen atoms in total. The Balaban J connectivity index is 3.86. The summed E-state index contributed by atoms with van der Waals surface area (Å²) in [7, 11) is 0. The Morgan fingerprint density at radius 2 is 1.50 bits per heavy atom. The number of carboxylic acid groups (broad SMARTS) is 1. The van der Waals surface area contributed by atoms with Crippen LogP contribution in [0, 0.1) is 0 Å². The molecular formula is C15H30O5. The van der Waals surface area contributed by atoms with E-state index in [4.69, 9.17) is 19.3 Å². The van der Waals surface area contributed by atoms with E-state index >= 15 is 0 Å². The van der Waals surface area contributed by atoms with Gasteiger partial charge < -0.3 is 19.3 Å². The molecule has 0 aromatic rings. The number of rotatable bonds is 12. The highest BCUT2D eigenvalue weighted by Crippen LogP contribution is 2.19. The quantitative estimate of drug-likeness (QED) is 0.560. The van der Waals surface area contributed by atoms with Gasteiger partial charge in [-0.3, -0.25) is 0 Å². The molecule has 0 saturated heterocycles. The van der Waals surface area contributed by atoms with Gasteiger partial charge in [0.1, 0.15) is 6.61 Å². The van der Waals surface area contributed by atoms with E-state index in [0.29, 0.717) is 19.6 Å². The number of hydrogen-bond acceptors (Lipinski definition) is 4. The Labute approximate surface area is 122 Å². The number of aliphatic carboxylic acids is 1. The fraction of sp³-hybridized carbons (Fsp3) is 0.933. The molecule has 0 unspecified atom stereocenters.